The van der Waals surface area contributed by atoms with Crippen LogP contribution in [0.25, 0.3) is 0 Å². The third kappa shape index (κ3) is 2.44. The molecule has 1 heterocycles. The second-order valence-corrected chi connectivity index (χ2v) is 5.86. The molecular formula is C13H14BrF3N2O. The molecule has 2 rings (SSSR count). The van der Waals surface area contributed by atoms with Crippen LogP contribution in [0.1, 0.15) is 12.5 Å². The van der Waals surface area contributed by atoms with Crippen molar-refractivity contribution in [3.05, 3.63) is 34.1 Å². The normalized spacial score (nSPS) is 25.4. The molecule has 110 valence electrons. The van der Waals surface area contributed by atoms with E-state index in [1.165, 1.54) is 6.07 Å². The summed E-state index contributed by atoms with van der Waals surface area (Å²) >= 11 is 3.24. The largest absolute Gasteiger partial charge is 0.385 e. The number of alkyl halides is 2. The average Bonchev–Trinajstić information content (AvgIpc) is 2.42. The number of benzene rings is 1. The summed E-state index contributed by atoms with van der Waals surface area (Å²) in [5, 5.41) is 0. The van der Waals surface area contributed by atoms with Gasteiger partial charge in [0.2, 0.25) is 0 Å². The summed E-state index contributed by atoms with van der Waals surface area (Å²) in [6, 6.07) is 4.38. The molecule has 3 nitrogen and oxygen atoms in total. The lowest BCUT2D eigenvalue weighted by atomic mass is 9.90. The highest BCUT2D eigenvalue weighted by Crippen LogP contribution is 2.35. The Hall–Kier alpha value is -1.08. The summed E-state index contributed by atoms with van der Waals surface area (Å²) in [6.45, 7) is -0.786. The molecule has 1 aromatic rings. The summed E-state index contributed by atoms with van der Waals surface area (Å²) in [4.78, 5) is 4.11. The van der Waals surface area contributed by atoms with Crippen molar-refractivity contribution >= 4 is 21.8 Å². The molecule has 1 aromatic carbocycles. The fourth-order valence-electron chi connectivity index (χ4n) is 2.05. The van der Waals surface area contributed by atoms with Crippen molar-refractivity contribution in [2.45, 2.75) is 18.1 Å². The van der Waals surface area contributed by atoms with Gasteiger partial charge in [-0.3, -0.25) is 4.99 Å². The van der Waals surface area contributed by atoms with Crippen molar-refractivity contribution in [3.8, 4) is 0 Å². The summed E-state index contributed by atoms with van der Waals surface area (Å²) < 4.78 is 45.8. The Morgan fingerprint density at radius 2 is 2.05 bits per heavy atom. The van der Waals surface area contributed by atoms with Gasteiger partial charge in [0.1, 0.15) is 30.5 Å². The van der Waals surface area contributed by atoms with Gasteiger partial charge in [-0.25, -0.2) is 13.2 Å². The van der Waals surface area contributed by atoms with Gasteiger partial charge in [-0.05, 0) is 25.1 Å². The fourth-order valence-corrected chi connectivity index (χ4v) is 2.41. The number of ether oxygens (including phenoxy) is 1. The Balaban J connectivity index is 2.48. The van der Waals surface area contributed by atoms with E-state index in [2.05, 4.69) is 20.9 Å². The molecule has 1 unspecified atom stereocenters. The molecule has 1 aliphatic heterocycles. The number of hydrogen-bond donors (Lipinski definition) is 1. The molecule has 7 heteroatoms. The Kier molecular flexibility index (Phi) is 4.11. The van der Waals surface area contributed by atoms with Crippen molar-refractivity contribution in [1.29, 1.82) is 0 Å². The molecule has 2 N–H and O–H groups in total. The van der Waals surface area contributed by atoms with Gasteiger partial charge in [-0.1, -0.05) is 15.9 Å². The third-order valence-electron chi connectivity index (χ3n) is 3.40. The van der Waals surface area contributed by atoms with Crippen molar-refractivity contribution in [2.75, 3.05) is 20.0 Å². The monoisotopic (exact) mass is 350 g/mol. The predicted molar refractivity (Wildman–Crippen MR) is 73.7 cm³/mol. The van der Waals surface area contributed by atoms with E-state index in [1.807, 2.05) is 0 Å². The minimum absolute atomic E-state index is 0.158. The minimum Gasteiger partial charge on any atom is -0.385 e. The van der Waals surface area contributed by atoms with Gasteiger partial charge < -0.3 is 10.5 Å². The average molecular weight is 351 g/mol. The standard InChI is InChI=1S/C13H14BrF3N2O/c1-12(9-4-8(14)2-3-10(9)17)7-20-13(5-15,6-16)11(18)19-12/h2-4H,5-7H2,1H3,(H2,18,19). The smallest absolute Gasteiger partial charge is 0.181 e. The fraction of sp³-hybridized carbons (Fsp3) is 0.462. The first kappa shape index (κ1) is 15.3. The Labute approximate surface area is 123 Å². The van der Waals surface area contributed by atoms with Crippen molar-refractivity contribution < 1.29 is 17.9 Å². The summed E-state index contributed by atoms with van der Waals surface area (Å²) in [6.07, 6.45) is 0. The predicted octanol–water partition coefficient (Wildman–Crippen LogP) is 2.87. The van der Waals surface area contributed by atoms with E-state index >= 15 is 0 Å². The Morgan fingerprint density at radius 3 is 2.60 bits per heavy atom. The molecule has 0 radical (unpaired) electrons. The number of amidine groups is 1. The van der Waals surface area contributed by atoms with Gasteiger partial charge >= 0.3 is 0 Å². The summed E-state index contributed by atoms with van der Waals surface area (Å²) in [5.41, 5.74) is 2.93. The van der Waals surface area contributed by atoms with Gasteiger partial charge in [0, 0.05) is 10.0 Å². The number of halogens is 4. The lowest BCUT2D eigenvalue weighted by Crippen LogP contribution is -2.56. The number of hydrogen-bond acceptors (Lipinski definition) is 3. The minimum atomic E-state index is -1.85. The van der Waals surface area contributed by atoms with Gasteiger partial charge in [-0.2, -0.15) is 0 Å². The van der Waals surface area contributed by atoms with Crippen LogP contribution in [0.2, 0.25) is 0 Å². The topological polar surface area (TPSA) is 47.6 Å². The van der Waals surface area contributed by atoms with E-state index in [1.54, 1.807) is 19.1 Å². The SMILES string of the molecule is CC1(c2cc(Br)ccc2F)COC(CF)(CF)C(N)=N1. The van der Waals surface area contributed by atoms with E-state index < -0.39 is 30.3 Å². The van der Waals surface area contributed by atoms with Crippen LogP contribution in [0.15, 0.2) is 27.7 Å². The maximum Gasteiger partial charge on any atom is 0.181 e. The number of nitrogens with zero attached hydrogens (tertiary/aromatic N) is 1. The van der Waals surface area contributed by atoms with Crippen LogP contribution in [0.4, 0.5) is 13.2 Å². The molecule has 0 spiro atoms. The van der Waals surface area contributed by atoms with E-state index in [9.17, 15) is 13.2 Å². The van der Waals surface area contributed by atoms with E-state index in [0.29, 0.717) is 4.47 Å². The van der Waals surface area contributed by atoms with E-state index in [0.717, 1.165) is 0 Å². The van der Waals surface area contributed by atoms with E-state index in [4.69, 9.17) is 10.5 Å². The molecule has 20 heavy (non-hydrogen) atoms. The molecule has 0 aromatic heterocycles. The van der Waals surface area contributed by atoms with Crippen LogP contribution in [0.5, 0.6) is 0 Å². The molecule has 0 saturated heterocycles. The van der Waals surface area contributed by atoms with Gasteiger partial charge in [0.05, 0.1) is 6.61 Å². The zero-order valence-corrected chi connectivity index (χ0v) is 12.4. The quantitative estimate of drug-likeness (QED) is 0.911. The lowest BCUT2D eigenvalue weighted by molar-refractivity contribution is -0.0575. The van der Waals surface area contributed by atoms with Crippen LogP contribution in [-0.4, -0.2) is 31.4 Å². The molecule has 0 amide bonds. The number of rotatable bonds is 3. The van der Waals surface area contributed by atoms with Gasteiger partial charge in [0.15, 0.2) is 5.60 Å². The molecule has 1 atom stereocenters. The van der Waals surface area contributed by atoms with Crippen LogP contribution in [0, 0.1) is 5.82 Å². The van der Waals surface area contributed by atoms with Crippen LogP contribution in [0.3, 0.4) is 0 Å². The molecule has 0 fully saturated rings. The van der Waals surface area contributed by atoms with Crippen LogP contribution in [-0.2, 0) is 10.3 Å². The number of aliphatic imine (C=N–C) groups is 1. The number of nitrogens with two attached hydrogens (primary N) is 1. The molecule has 1 aliphatic rings. The highest BCUT2D eigenvalue weighted by Gasteiger charge is 2.45. The van der Waals surface area contributed by atoms with Crippen LogP contribution >= 0.6 is 15.9 Å². The second-order valence-electron chi connectivity index (χ2n) is 4.95. The highest BCUT2D eigenvalue weighted by atomic mass is 79.9. The first-order chi connectivity index (χ1) is 9.37. The maximum atomic E-state index is 13.9. The zero-order valence-electron chi connectivity index (χ0n) is 10.8. The summed E-state index contributed by atoms with van der Waals surface area (Å²) in [5.74, 6) is -0.778. The van der Waals surface area contributed by atoms with Crippen molar-refractivity contribution in [1.82, 2.24) is 0 Å². The second kappa shape index (κ2) is 5.37. The highest BCUT2D eigenvalue weighted by molar-refractivity contribution is 9.10. The van der Waals surface area contributed by atoms with Crippen LogP contribution < -0.4 is 5.73 Å². The first-order valence-corrected chi connectivity index (χ1v) is 6.73. The molecular weight excluding hydrogens is 337 g/mol. The Bertz CT molecular complexity index is 548. The van der Waals surface area contributed by atoms with Crippen molar-refractivity contribution in [3.63, 3.8) is 0 Å². The van der Waals surface area contributed by atoms with Crippen molar-refractivity contribution in [2.24, 2.45) is 10.7 Å². The summed E-state index contributed by atoms with van der Waals surface area (Å²) in [7, 11) is 0. The molecule has 0 saturated carbocycles. The Morgan fingerprint density at radius 1 is 1.40 bits per heavy atom. The maximum absolute atomic E-state index is 13.9. The third-order valence-corrected chi connectivity index (χ3v) is 3.90. The van der Waals surface area contributed by atoms with E-state index in [-0.39, 0.29) is 18.0 Å². The molecule has 0 aliphatic carbocycles. The van der Waals surface area contributed by atoms with Gasteiger partial charge in [-0.15, -0.1) is 0 Å². The molecule has 0 bridgehead atoms. The lowest BCUT2D eigenvalue weighted by Gasteiger charge is -2.39. The zero-order chi connectivity index (χ0) is 15.0. The van der Waals surface area contributed by atoms with Gasteiger partial charge in [0.25, 0.3) is 0 Å². The first-order valence-electron chi connectivity index (χ1n) is 5.94.